The summed E-state index contributed by atoms with van der Waals surface area (Å²) in [4.78, 5) is 38.3. The Labute approximate surface area is 512 Å². The van der Waals surface area contributed by atoms with Gasteiger partial charge in [0.1, 0.15) is 13.2 Å². The Morgan fingerprint density at radius 3 is 0.843 bits per heavy atom. The maximum atomic E-state index is 12.9. The molecule has 0 aromatic rings. The fourth-order valence-corrected chi connectivity index (χ4v) is 9.32. The number of rotatable bonds is 61. The van der Waals surface area contributed by atoms with E-state index in [1.165, 1.54) is 148 Å². The first kappa shape index (κ1) is 78.3. The lowest BCUT2D eigenvalue weighted by atomic mass is 10.0. The second kappa shape index (κ2) is 69.8. The van der Waals surface area contributed by atoms with Crippen molar-refractivity contribution in [1.82, 2.24) is 0 Å². The SMILES string of the molecule is CC/C=C\C/C=C\C/C=C\C/C=C\C/C=C\C/C=C\C/C=C\CCCCCCCCCCCCCC(=O)OCC(COC(=O)C/C=C\C/C=C\C/C=C\C/C=C\C/C=C\CC)OC(=O)CCCCCCCCCCCCCCCCCCC. The Morgan fingerprint density at radius 2 is 0.518 bits per heavy atom. The molecule has 0 amide bonds. The van der Waals surface area contributed by atoms with Crippen molar-refractivity contribution < 1.29 is 28.6 Å². The van der Waals surface area contributed by atoms with Crippen molar-refractivity contribution in [3.63, 3.8) is 0 Å². The molecule has 83 heavy (non-hydrogen) atoms. The highest BCUT2D eigenvalue weighted by Gasteiger charge is 2.19. The monoisotopic (exact) mass is 1150 g/mol. The van der Waals surface area contributed by atoms with Crippen LogP contribution in [0.4, 0.5) is 0 Å². The third-order valence-corrected chi connectivity index (χ3v) is 14.4. The van der Waals surface area contributed by atoms with E-state index in [1.807, 2.05) is 6.08 Å². The summed E-state index contributed by atoms with van der Waals surface area (Å²) >= 11 is 0. The van der Waals surface area contributed by atoms with E-state index >= 15 is 0 Å². The number of hydrogen-bond donors (Lipinski definition) is 0. The van der Waals surface area contributed by atoms with Crippen molar-refractivity contribution in [3.8, 4) is 0 Å². The third kappa shape index (κ3) is 68.0. The minimum Gasteiger partial charge on any atom is -0.462 e. The molecule has 6 heteroatoms. The summed E-state index contributed by atoms with van der Waals surface area (Å²) in [6, 6.07) is 0. The van der Waals surface area contributed by atoms with Gasteiger partial charge in [0, 0.05) is 12.8 Å². The minimum atomic E-state index is -0.823. The van der Waals surface area contributed by atoms with Crippen molar-refractivity contribution in [2.75, 3.05) is 13.2 Å². The van der Waals surface area contributed by atoms with E-state index < -0.39 is 12.1 Å². The van der Waals surface area contributed by atoms with E-state index in [-0.39, 0.29) is 31.6 Å². The van der Waals surface area contributed by atoms with Crippen LogP contribution in [0.15, 0.2) is 146 Å². The highest BCUT2D eigenvalue weighted by atomic mass is 16.6. The van der Waals surface area contributed by atoms with Crippen LogP contribution in [-0.4, -0.2) is 37.2 Å². The first-order valence-electron chi connectivity index (χ1n) is 34.3. The molecule has 0 heterocycles. The molecular weight excluding hydrogens is 1020 g/mol. The standard InChI is InChI=1S/C77H126O6/c1-4-7-10-13-16-19-22-25-28-30-31-32-33-34-35-36-37-38-39-40-41-42-43-44-45-47-49-52-55-58-61-64-67-70-76(79)82-73-74(72-81-75(78)69-66-63-60-57-54-51-48-27-24-21-18-15-12-9-6-3)83-77(80)71-68-65-62-59-56-53-50-46-29-26-23-20-17-14-11-8-5-2/h7,9-10,12,16,18-19,21,25,27-28,31-32,34-35,37-38,40-41,48,54,57,63,66,74H,4-6,8,11,13-15,17,20,22-24,26,29-30,33,36,39,42-47,49-53,55-56,58-62,64-65,67-73H2,1-3H3/b10-7-,12-9-,19-16-,21-18-,28-25-,32-31-,35-34-,38-37-,41-40-,48-27-,57-54-,66-63-. The number of unbranched alkanes of at least 4 members (excludes halogenated alkanes) is 27. The molecule has 0 rings (SSSR count). The number of carbonyl (C=O) groups excluding carboxylic acids is 3. The molecule has 0 aliphatic heterocycles. The number of hydrogen-bond acceptors (Lipinski definition) is 6. The summed E-state index contributed by atoms with van der Waals surface area (Å²) in [6.07, 6.45) is 100. The summed E-state index contributed by atoms with van der Waals surface area (Å²) in [5.41, 5.74) is 0. The fraction of sp³-hybridized carbons (Fsp3) is 0.649. The van der Waals surface area contributed by atoms with Gasteiger partial charge in [-0.1, -0.05) is 327 Å². The van der Waals surface area contributed by atoms with Crippen molar-refractivity contribution >= 4 is 17.9 Å². The smallest absolute Gasteiger partial charge is 0.309 e. The molecule has 6 nitrogen and oxygen atoms in total. The molecule has 0 aromatic carbocycles. The lowest BCUT2D eigenvalue weighted by Crippen LogP contribution is -2.30. The Kier molecular flexibility index (Phi) is 65.8. The normalized spacial score (nSPS) is 13.0. The van der Waals surface area contributed by atoms with Crippen LogP contribution in [0.1, 0.15) is 303 Å². The highest BCUT2D eigenvalue weighted by molar-refractivity contribution is 5.72. The van der Waals surface area contributed by atoms with Gasteiger partial charge in [-0.25, -0.2) is 0 Å². The van der Waals surface area contributed by atoms with Crippen LogP contribution in [0, 0.1) is 0 Å². The minimum absolute atomic E-state index is 0.111. The van der Waals surface area contributed by atoms with Crippen molar-refractivity contribution in [1.29, 1.82) is 0 Å². The molecule has 1 atom stereocenters. The van der Waals surface area contributed by atoms with Crippen molar-refractivity contribution in [2.45, 2.75) is 309 Å². The second-order valence-corrected chi connectivity index (χ2v) is 22.3. The second-order valence-electron chi connectivity index (χ2n) is 22.3. The van der Waals surface area contributed by atoms with Gasteiger partial charge in [-0.2, -0.15) is 0 Å². The Balaban J connectivity index is 4.33. The predicted molar refractivity (Wildman–Crippen MR) is 362 cm³/mol. The van der Waals surface area contributed by atoms with Gasteiger partial charge in [0.15, 0.2) is 6.10 Å². The number of ether oxygens (including phenoxy) is 3. The molecule has 0 aromatic heterocycles. The largest absolute Gasteiger partial charge is 0.462 e. The third-order valence-electron chi connectivity index (χ3n) is 14.4. The van der Waals surface area contributed by atoms with E-state index in [0.29, 0.717) is 12.8 Å². The Hall–Kier alpha value is -4.71. The summed E-state index contributed by atoms with van der Waals surface area (Å²) in [6.45, 7) is 6.34. The summed E-state index contributed by atoms with van der Waals surface area (Å²) in [7, 11) is 0. The number of carbonyl (C=O) groups is 3. The van der Waals surface area contributed by atoms with Gasteiger partial charge in [0.05, 0.1) is 6.42 Å². The highest BCUT2D eigenvalue weighted by Crippen LogP contribution is 2.17. The molecule has 0 bridgehead atoms. The van der Waals surface area contributed by atoms with Gasteiger partial charge in [0.2, 0.25) is 0 Å². The first-order chi connectivity index (χ1) is 41.0. The Bertz CT molecular complexity index is 1800. The molecule has 0 N–H and O–H groups in total. The molecule has 0 fully saturated rings. The van der Waals surface area contributed by atoms with Gasteiger partial charge < -0.3 is 14.2 Å². The molecule has 0 aliphatic rings. The summed E-state index contributed by atoms with van der Waals surface area (Å²) in [5.74, 6) is -1.04. The van der Waals surface area contributed by atoms with Gasteiger partial charge in [-0.05, 0) is 103 Å². The molecule has 470 valence electrons. The molecule has 0 radical (unpaired) electrons. The average Bonchev–Trinajstić information content (AvgIpc) is 3.49. The van der Waals surface area contributed by atoms with Gasteiger partial charge >= 0.3 is 17.9 Å². The molecule has 0 spiro atoms. The molecule has 0 saturated carbocycles. The summed E-state index contributed by atoms with van der Waals surface area (Å²) in [5, 5.41) is 0. The maximum Gasteiger partial charge on any atom is 0.309 e. The van der Waals surface area contributed by atoms with Crippen LogP contribution in [0.5, 0.6) is 0 Å². The van der Waals surface area contributed by atoms with Crippen molar-refractivity contribution in [2.24, 2.45) is 0 Å². The summed E-state index contributed by atoms with van der Waals surface area (Å²) < 4.78 is 16.8. The molecule has 0 aliphatic carbocycles. The van der Waals surface area contributed by atoms with E-state index in [1.54, 1.807) is 6.08 Å². The van der Waals surface area contributed by atoms with Crippen LogP contribution in [0.25, 0.3) is 0 Å². The predicted octanol–water partition coefficient (Wildman–Crippen LogP) is 23.9. The van der Waals surface area contributed by atoms with Gasteiger partial charge in [0.25, 0.3) is 0 Å². The van der Waals surface area contributed by atoms with Gasteiger partial charge in [-0.3, -0.25) is 14.4 Å². The zero-order chi connectivity index (χ0) is 59.9. The Morgan fingerprint density at radius 1 is 0.265 bits per heavy atom. The molecule has 0 saturated heterocycles. The zero-order valence-corrected chi connectivity index (χ0v) is 53.9. The van der Waals surface area contributed by atoms with E-state index in [0.717, 1.165) is 116 Å². The van der Waals surface area contributed by atoms with E-state index in [2.05, 4.69) is 154 Å². The fourth-order valence-electron chi connectivity index (χ4n) is 9.32. The van der Waals surface area contributed by atoms with E-state index in [4.69, 9.17) is 14.2 Å². The van der Waals surface area contributed by atoms with E-state index in [9.17, 15) is 14.4 Å². The van der Waals surface area contributed by atoms with Crippen LogP contribution in [0.3, 0.4) is 0 Å². The average molecular weight is 1150 g/mol. The first-order valence-corrected chi connectivity index (χ1v) is 34.3. The van der Waals surface area contributed by atoms with Crippen LogP contribution in [0.2, 0.25) is 0 Å². The van der Waals surface area contributed by atoms with Gasteiger partial charge in [-0.15, -0.1) is 0 Å². The lowest BCUT2D eigenvalue weighted by Gasteiger charge is -2.18. The maximum absolute atomic E-state index is 12.9. The number of allylic oxidation sites excluding steroid dienone is 23. The van der Waals surface area contributed by atoms with Crippen LogP contribution < -0.4 is 0 Å². The quantitative estimate of drug-likeness (QED) is 0.0261. The lowest BCUT2D eigenvalue weighted by molar-refractivity contribution is -0.166. The van der Waals surface area contributed by atoms with Crippen LogP contribution >= 0.6 is 0 Å². The van der Waals surface area contributed by atoms with Crippen molar-refractivity contribution in [3.05, 3.63) is 146 Å². The topological polar surface area (TPSA) is 78.9 Å². The van der Waals surface area contributed by atoms with Crippen LogP contribution in [-0.2, 0) is 28.6 Å². The number of esters is 3. The zero-order valence-electron chi connectivity index (χ0n) is 53.9. The molecule has 1 unspecified atom stereocenters. The molecular formula is C77H126O6.